The number of para-hydroxylation sites is 1. The molecular formula is C18H19NO4. The third-order valence-electron chi connectivity index (χ3n) is 3.32. The molecule has 2 aromatic carbocycles. The fourth-order valence-electron chi connectivity index (χ4n) is 2.02. The first-order valence-electron chi connectivity index (χ1n) is 7.23. The molecule has 0 radical (unpaired) electrons. The quantitative estimate of drug-likeness (QED) is 0.861. The second kappa shape index (κ2) is 7.45. The fraction of sp³-hybridized carbons (Fsp3) is 0.222. The first-order valence-corrected chi connectivity index (χ1v) is 7.23. The van der Waals surface area contributed by atoms with Gasteiger partial charge in [0.2, 0.25) is 0 Å². The van der Waals surface area contributed by atoms with E-state index in [0.717, 1.165) is 5.56 Å². The Hall–Kier alpha value is -2.82. The van der Waals surface area contributed by atoms with Crippen LogP contribution in [-0.2, 0) is 9.53 Å². The third kappa shape index (κ3) is 4.32. The van der Waals surface area contributed by atoms with E-state index in [4.69, 9.17) is 4.74 Å². The maximum Gasteiger partial charge on any atom is 0.337 e. The predicted octanol–water partition coefficient (Wildman–Crippen LogP) is 3.19. The number of benzene rings is 2. The summed E-state index contributed by atoms with van der Waals surface area (Å²) in [5.41, 5.74) is 1.84. The Kier molecular flexibility index (Phi) is 5.36. The van der Waals surface area contributed by atoms with Gasteiger partial charge in [-0.2, -0.15) is 0 Å². The zero-order valence-corrected chi connectivity index (χ0v) is 13.3. The Bertz CT molecular complexity index is 712. The SMILES string of the molecule is COC(=O)c1cccc(NC(=O)C(C)Oc2ccccc2C)c1. The molecule has 5 nitrogen and oxygen atoms in total. The van der Waals surface area contributed by atoms with E-state index in [-0.39, 0.29) is 5.91 Å². The predicted molar refractivity (Wildman–Crippen MR) is 87.7 cm³/mol. The Morgan fingerprint density at radius 1 is 1.09 bits per heavy atom. The number of carbonyl (C=O) groups is 2. The summed E-state index contributed by atoms with van der Waals surface area (Å²) in [6.45, 7) is 3.59. The van der Waals surface area contributed by atoms with Crippen molar-refractivity contribution in [1.29, 1.82) is 0 Å². The Labute approximate surface area is 135 Å². The lowest BCUT2D eigenvalue weighted by Gasteiger charge is -2.16. The number of carbonyl (C=O) groups excluding carboxylic acids is 2. The smallest absolute Gasteiger partial charge is 0.337 e. The molecule has 23 heavy (non-hydrogen) atoms. The summed E-state index contributed by atoms with van der Waals surface area (Å²) >= 11 is 0. The molecule has 1 atom stereocenters. The molecule has 1 unspecified atom stereocenters. The van der Waals surface area contributed by atoms with Gasteiger partial charge in [0.25, 0.3) is 5.91 Å². The lowest BCUT2D eigenvalue weighted by Crippen LogP contribution is -2.30. The highest BCUT2D eigenvalue weighted by Gasteiger charge is 2.16. The number of rotatable bonds is 5. The van der Waals surface area contributed by atoms with E-state index in [1.165, 1.54) is 7.11 Å². The highest BCUT2D eigenvalue weighted by molar-refractivity contribution is 5.96. The second-order valence-corrected chi connectivity index (χ2v) is 5.09. The van der Waals surface area contributed by atoms with Crippen LogP contribution in [0, 0.1) is 6.92 Å². The maximum atomic E-state index is 12.2. The monoisotopic (exact) mass is 313 g/mol. The van der Waals surface area contributed by atoms with Gasteiger partial charge >= 0.3 is 5.97 Å². The van der Waals surface area contributed by atoms with Crippen LogP contribution in [0.25, 0.3) is 0 Å². The molecule has 1 N–H and O–H groups in total. The molecule has 0 spiro atoms. The van der Waals surface area contributed by atoms with Crippen LogP contribution in [0.3, 0.4) is 0 Å². The molecule has 0 aliphatic rings. The molecule has 2 aromatic rings. The molecule has 2 rings (SSSR count). The van der Waals surface area contributed by atoms with Crippen molar-refractivity contribution in [2.75, 3.05) is 12.4 Å². The van der Waals surface area contributed by atoms with Crippen LogP contribution >= 0.6 is 0 Å². The number of hydrogen-bond acceptors (Lipinski definition) is 4. The van der Waals surface area contributed by atoms with Gasteiger partial charge in [0.1, 0.15) is 5.75 Å². The summed E-state index contributed by atoms with van der Waals surface area (Å²) in [5, 5.41) is 2.73. The van der Waals surface area contributed by atoms with Crippen LogP contribution in [0.15, 0.2) is 48.5 Å². The summed E-state index contributed by atoms with van der Waals surface area (Å²) in [4.78, 5) is 23.7. The molecular weight excluding hydrogens is 294 g/mol. The largest absolute Gasteiger partial charge is 0.481 e. The van der Waals surface area contributed by atoms with Gasteiger partial charge in [0, 0.05) is 5.69 Å². The zero-order valence-electron chi connectivity index (χ0n) is 13.3. The van der Waals surface area contributed by atoms with Crippen molar-refractivity contribution in [2.24, 2.45) is 0 Å². The average Bonchev–Trinajstić information content (AvgIpc) is 2.56. The summed E-state index contributed by atoms with van der Waals surface area (Å²) in [5.74, 6) is -0.0842. The average molecular weight is 313 g/mol. The van der Waals surface area contributed by atoms with Crippen LogP contribution in [0.4, 0.5) is 5.69 Å². The molecule has 0 saturated carbocycles. The van der Waals surface area contributed by atoms with Crippen LogP contribution in [0.2, 0.25) is 0 Å². The second-order valence-electron chi connectivity index (χ2n) is 5.09. The summed E-state index contributed by atoms with van der Waals surface area (Å²) in [6.07, 6.45) is -0.669. The number of hydrogen-bond donors (Lipinski definition) is 1. The van der Waals surface area contributed by atoms with E-state index in [1.54, 1.807) is 31.2 Å². The van der Waals surface area contributed by atoms with Crippen LogP contribution in [0.1, 0.15) is 22.8 Å². The van der Waals surface area contributed by atoms with Crippen molar-refractivity contribution in [3.63, 3.8) is 0 Å². The number of esters is 1. The van der Waals surface area contributed by atoms with E-state index < -0.39 is 12.1 Å². The minimum absolute atomic E-state index is 0.296. The maximum absolute atomic E-state index is 12.2. The summed E-state index contributed by atoms with van der Waals surface area (Å²) in [7, 11) is 1.31. The minimum Gasteiger partial charge on any atom is -0.481 e. The van der Waals surface area contributed by atoms with E-state index in [2.05, 4.69) is 10.1 Å². The topological polar surface area (TPSA) is 64.6 Å². The van der Waals surface area contributed by atoms with Gasteiger partial charge in [-0.1, -0.05) is 24.3 Å². The summed E-state index contributed by atoms with van der Waals surface area (Å²) < 4.78 is 10.3. The van der Waals surface area contributed by atoms with E-state index in [9.17, 15) is 9.59 Å². The van der Waals surface area contributed by atoms with Gasteiger partial charge < -0.3 is 14.8 Å². The van der Waals surface area contributed by atoms with Crippen molar-refractivity contribution in [2.45, 2.75) is 20.0 Å². The van der Waals surface area contributed by atoms with E-state index >= 15 is 0 Å². The Balaban J connectivity index is 2.04. The number of aryl methyl sites for hydroxylation is 1. The number of nitrogens with one attached hydrogen (secondary N) is 1. The third-order valence-corrected chi connectivity index (χ3v) is 3.32. The van der Waals surface area contributed by atoms with Crippen molar-refractivity contribution >= 4 is 17.6 Å². The van der Waals surface area contributed by atoms with Gasteiger partial charge in [-0.3, -0.25) is 4.79 Å². The van der Waals surface area contributed by atoms with Crippen molar-refractivity contribution in [3.05, 3.63) is 59.7 Å². The highest BCUT2D eigenvalue weighted by atomic mass is 16.5. The van der Waals surface area contributed by atoms with Crippen molar-refractivity contribution in [3.8, 4) is 5.75 Å². The number of anilines is 1. The molecule has 5 heteroatoms. The van der Waals surface area contributed by atoms with Gasteiger partial charge in [-0.05, 0) is 43.7 Å². The standard InChI is InChI=1S/C18H19NO4/c1-12-7-4-5-10-16(12)23-13(2)17(20)19-15-9-6-8-14(11-15)18(21)22-3/h4-11,13H,1-3H3,(H,19,20). The molecule has 0 bridgehead atoms. The molecule has 120 valence electrons. The molecule has 0 fully saturated rings. The minimum atomic E-state index is -0.669. The van der Waals surface area contributed by atoms with E-state index in [1.807, 2.05) is 31.2 Å². The number of amides is 1. The van der Waals surface area contributed by atoms with Crippen LogP contribution in [0.5, 0.6) is 5.75 Å². The first kappa shape index (κ1) is 16.5. The lowest BCUT2D eigenvalue weighted by atomic mass is 10.2. The molecule has 0 aliphatic heterocycles. The molecule has 0 aromatic heterocycles. The Morgan fingerprint density at radius 2 is 1.83 bits per heavy atom. The van der Waals surface area contributed by atoms with E-state index in [0.29, 0.717) is 17.0 Å². The zero-order chi connectivity index (χ0) is 16.8. The summed E-state index contributed by atoms with van der Waals surface area (Å²) in [6, 6.07) is 14.0. The number of ether oxygens (including phenoxy) is 2. The molecule has 0 aliphatic carbocycles. The van der Waals surface area contributed by atoms with Gasteiger partial charge in [-0.25, -0.2) is 4.79 Å². The number of methoxy groups -OCH3 is 1. The van der Waals surface area contributed by atoms with Crippen molar-refractivity contribution < 1.29 is 19.1 Å². The van der Waals surface area contributed by atoms with Gasteiger partial charge in [0.05, 0.1) is 12.7 Å². The van der Waals surface area contributed by atoms with Gasteiger partial charge in [-0.15, -0.1) is 0 Å². The van der Waals surface area contributed by atoms with Gasteiger partial charge in [0.15, 0.2) is 6.10 Å². The molecule has 0 saturated heterocycles. The van der Waals surface area contributed by atoms with Crippen LogP contribution < -0.4 is 10.1 Å². The molecule has 0 heterocycles. The first-order chi connectivity index (χ1) is 11.0. The normalized spacial score (nSPS) is 11.4. The van der Waals surface area contributed by atoms with Crippen molar-refractivity contribution in [1.82, 2.24) is 0 Å². The highest BCUT2D eigenvalue weighted by Crippen LogP contribution is 2.18. The fourth-order valence-corrected chi connectivity index (χ4v) is 2.02. The Morgan fingerprint density at radius 3 is 2.52 bits per heavy atom. The van der Waals surface area contributed by atoms with Crippen LogP contribution in [-0.4, -0.2) is 25.1 Å². The lowest BCUT2D eigenvalue weighted by molar-refractivity contribution is -0.122. The molecule has 1 amide bonds.